The number of para-hydroxylation sites is 1. The number of rotatable bonds is 7. The van der Waals surface area contributed by atoms with Crippen molar-refractivity contribution in [3.05, 3.63) is 78.4 Å². The van der Waals surface area contributed by atoms with Crippen molar-refractivity contribution in [1.29, 1.82) is 0 Å². The Labute approximate surface area is 141 Å². The van der Waals surface area contributed by atoms with E-state index in [2.05, 4.69) is 22.4 Å². The van der Waals surface area contributed by atoms with Crippen LogP contribution in [0.15, 0.2) is 72.4 Å². The summed E-state index contributed by atoms with van der Waals surface area (Å²) in [6, 6.07) is 17.8. The molecule has 0 saturated carbocycles. The zero-order valence-electron chi connectivity index (χ0n) is 12.7. The Hall–Kier alpha value is -2.66. The van der Waals surface area contributed by atoms with Gasteiger partial charge in [0.15, 0.2) is 5.11 Å². The van der Waals surface area contributed by atoms with Crippen LogP contribution in [0.2, 0.25) is 0 Å². The average Bonchev–Trinajstić information content (AvgIpc) is 2.60. The van der Waals surface area contributed by atoms with Gasteiger partial charge < -0.3 is 10.1 Å². The molecular weight excluding hydrogens is 306 g/mol. The lowest BCUT2D eigenvalue weighted by atomic mass is 10.2. The summed E-state index contributed by atoms with van der Waals surface area (Å²) in [5.74, 6) is 0.770. The predicted octanol–water partition coefficient (Wildman–Crippen LogP) is 3.25. The van der Waals surface area contributed by atoms with Crippen molar-refractivity contribution < 1.29 is 4.74 Å². The van der Waals surface area contributed by atoms with E-state index in [0.717, 1.165) is 16.9 Å². The van der Waals surface area contributed by atoms with E-state index in [1.54, 1.807) is 12.3 Å². The van der Waals surface area contributed by atoms with E-state index in [1.165, 1.54) is 0 Å². The van der Waals surface area contributed by atoms with Gasteiger partial charge in [-0.3, -0.25) is 5.43 Å². The first-order valence-corrected chi connectivity index (χ1v) is 7.64. The standard InChI is InChI=1S/C18H19N3OS/c1-2-12-19-18(23)21-20-13-16-10-6-7-11-17(16)22-14-15-8-4-3-5-9-15/h2-11,13H,1,12,14H2,(H2,19,21,23)/b20-13-. The molecule has 4 nitrogen and oxygen atoms in total. The molecule has 2 rings (SSSR count). The lowest BCUT2D eigenvalue weighted by molar-refractivity contribution is 0.306. The maximum absolute atomic E-state index is 5.86. The van der Waals surface area contributed by atoms with Crippen LogP contribution in [0.25, 0.3) is 0 Å². The monoisotopic (exact) mass is 325 g/mol. The molecule has 0 aromatic heterocycles. The van der Waals surface area contributed by atoms with Gasteiger partial charge in [-0.05, 0) is 29.9 Å². The summed E-state index contributed by atoms with van der Waals surface area (Å²) in [6.45, 7) is 4.72. The van der Waals surface area contributed by atoms with Gasteiger partial charge in [0.2, 0.25) is 0 Å². The third kappa shape index (κ3) is 5.92. The smallest absolute Gasteiger partial charge is 0.187 e. The number of benzene rings is 2. The molecule has 0 saturated heterocycles. The van der Waals surface area contributed by atoms with Crippen molar-refractivity contribution in [2.45, 2.75) is 6.61 Å². The summed E-state index contributed by atoms with van der Waals surface area (Å²) in [5.41, 5.74) is 4.75. The van der Waals surface area contributed by atoms with Gasteiger partial charge >= 0.3 is 0 Å². The van der Waals surface area contributed by atoms with Crippen molar-refractivity contribution >= 4 is 23.5 Å². The Kier molecular flexibility index (Phi) is 6.81. The van der Waals surface area contributed by atoms with Gasteiger partial charge in [0.25, 0.3) is 0 Å². The molecule has 2 aromatic carbocycles. The first kappa shape index (κ1) is 16.7. The SMILES string of the molecule is C=CCNC(=S)N/N=C\c1ccccc1OCc1ccccc1. The Morgan fingerprint density at radius 1 is 1.13 bits per heavy atom. The number of hydrogen-bond donors (Lipinski definition) is 2. The Morgan fingerprint density at radius 2 is 1.87 bits per heavy atom. The van der Waals surface area contributed by atoms with Crippen LogP contribution >= 0.6 is 12.2 Å². The van der Waals surface area contributed by atoms with Crippen LogP contribution in [0.1, 0.15) is 11.1 Å². The van der Waals surface area contributed by atoms with Gasteiger partial charge in [0.05, 0.1) is 6.21 Å². The van der Waals surface area contributed by atoms with Crippen molar-refractivity contribution in [2.24, 2.45) is 5.10 Å². The van der Waals surface area contributed by atoms with Crippen LogP contribution in [0.4, 0.5) is 0 Å². The molecular formula is C18H19N3OS. The Bertz CT molecular complexity index is 671. The summed E-state index contributed by atoms with van der Waals surface area (Å²) in [6.07, 6.45) is 3.41. The molecule has 0 unspecified atom stereocenters. The summed E-state index contributed by atoms with van der Waals surface area (Å²) in [7, 11) is 0. The first-order valence-electron chi connectivity index (χ1n) is 7.23. The number of nitrogens with zero attached hydrogens (tertiary/aromatic N) is 1. The van der Waals surface area contributed by atoms with Gasteiger partial charge in [-0.25, -0.2) is 0 Å². The van der Waals surface area contributed by atoms with E-state index in [9.17, 15) is 0 Å². The molecule has 0 aliphatic carbocycles. The molecule has 0 aliphatic heterocycles. The first-order chi connectivity index (χ1) is 11.3. The lowest BCUT2D eigenvalue weighted by Gasteiger charge is -2.09. The Morgan fingerprint density at radius 3 is 2.65 bits per heavy atom. The van der Waals surface area contributed by atoms with Crippen LogP contribution in [-0.2, 0) is 6.61 Å². The molecule has 0 bridgehead atoms. The third-order valence-corrected chi connectivity index (χ3v) is 3.17. The van der Waals surface area contributed by atoms with Gasteiger partial charge in [-0.1, -0.05) is 48.5 Å². The van der Waals surface area contributed by atoms with Crippen molar-refractivity contribution in [1.82, 2.24) is 10.7 Å². The second-order valence-corrected chi connectivity index (χ2v) is 5.09. The molecule has 0 atom stereocenters. The van der Waals surface area contributed by atoms with Crippen LogP contribution in [0.5, 0.6) is 5.75 Å². The highest BCUT2D eigenvalue weighted by Crippen LogP contribution is 2.17. The highest BCUT2D eigenvalue weighted by atomic mass is 32.1. The van der Waals surface area contributed by atoms with Gasteiger partial charge in [0, 0.05) is 12.1 Å². The number of hydrazone groups is 1. The lowest BCUT2D eigenvalue weighted by Crippen LogP contribution is -2.31. The number of thiocarbonyl (C=S) groups is 1. The fourth-order valence-electron chi connectivity index (χ4n) is 1.82. The van der Waals surface area contributed by atoms with Crippen LogP contribution < -0.4 is 15.5 Å². The van der Waals surface area contributed by atoms with Crippen LogP contribution in [-0.4, -0.2) is 17.9 Å². The van der Waals surface area contributed by atoms with E-state index in [-0.39, 0.29) is 0 Å². The van der Waals surface area contributed by atoms with Gasteiger partial charge in [-0.2, -0.15) is 5.10 Å². The molecule has 118 valence electrons. The second-order valence-electron chi connectivity index (χ2n) is 4.68. The van der Waals surface area contributed by atoms with Gasteiger partial charge in [0.1, 0.15) is 12.4 Å². The highest BCUT2D eigenvalue weighted by molar-refractivity contribution is 7.80. The maximum Gasteiger partial charge on any atom is 0.187 e. The molecule has 0 amide bonds. The van der Waals surface area contributed by atoms with E-state index in [1.807, 2.05) is 54.6 Å². The quantitative estimate of drug-likeness (QED) is 0.355. The normalized spacial score (nSPS) is 10.3. The second kappa shape index (κ2) is 9.38. The predicted molar refractivity (Wildman–Crippen MR) is 98.7 cm³/mol. The molecule has 5 heteroatoms. The molecule has 0 spiro atoms. The molecule has 0 aliphatic rings. The molecule has 23 heavy (non-hydrogen) atoms. The Balaban J connectivity index is 1.94. The number of ether oxygens (including phenoxy) is 1. The third-order valence-electron chi connectivity index (χ3n) is 2.93. The highest BCUT2D eigenvalue weighted by Gasteiger charge is 2.01. The minimum absolute atomic E-state index is 0.448. The molecule has 0 fully saturated rings. The molecule has 2 N–H and O–H groups in total. The zero-order chi connectivity index (χ0) is 16.3. The maximum atomic E-state index is 5.86. The van der Waals surface area contributed by atoms with Crippen molar-refractivity contribution in [2.75, 3.05) is 6.54 Å². The topological polar surface area (TPSA) is 45.7 Å². The van der Waals surface area contributed by atoms with E-state index < -0.39 is 0 Å². The van der Waals surface area contributed by atoms with E-state index in [0.29, 0.717) is 18.3 Å². The zero-order valence-corrected chi connectivity index (χ0v) is 13.6. The minimum Gasteiger partial charge on any atom is -0.488 e. The summed E-state index contributed by atoms with van der Waals surface area (Å²) in [4.78, 5) is 0. The fourth-order valence-corrected chi connectivity index (χ4v) is 1.95. The largest absolute Gasteiger partial charge is 0.488 e. The van der Waals surface area contributed by atoms with E-state index >= 15 is 0 Å². The van der Waals surface area contributed by atoms with Crippen LogP contribution in [0, 0.1) is 0 Å². The van der Waals surface area contributed by atoms with E-state index in [4.69, 9.17) is 17.0 Å². The van der Waals surface area contributed by atoms with Crippen LogP contribution in [0.3, 0.4) is 0 Å². The molecule has 0 radical (unpaired) electrons. The minimum atomic E-state index is 0.448. The number of nitrogens with one attached hydrogen (secondary N) is 2. The average molecular weight is 325 g/mol. The number of hydrogen-bond acceptors (Lipinski definition) is 3. The summed E-state index contributed by atoms with van der Waals surface area (Å²) < 4.78 is 5.86. The fraction of sp³-hybridized carbons (Fsp3) is 0.111. The summed E-state index contributed by atoms with van der Waals surface area (Å²) in [5, 5.41) is 7.50. The summed E-state index contributed by atoms with van der Waals surface area (Å²) >= 11 is 5.07. The molecule has 2 aromatic rings. The molecule has 0 heterocycles. The van der Waals surface area contributed by atoms with Crippen molar-refractivity contribution in [3.8, 4) is 5.75 Å². The van der Waals surface area contributed by atoms with Gasteiger partial charge in [-0.15, -0.1) is 6.58 Å². The van der Waals surface area contributed by atoms with Crippen molar-refractivity contribution in [3.63, 3.8) is 0 Å².